The van der Waals surface area contributed by atoms with Crippen LogP contribution in [0.25, 0.3) is 6.08 Å². The van der Waals surface area contributed by atoms with Gasteiger partial charge in [0.15, 0.2) is 5.96 Å². The largest absolute Gasteiger partial charge is 0.481 e. The number of hydrogen-bond donors (Lipinski definition) is 10. The standard InChI is InChI=1S/C36H51N11O9S2/c1-3-4-8-22-20(2)41-17-21(22)15-25-35(56)47-13-7-10-27(47)34(55)46-26(31(37)52)19-58-57-14-11-28(48)43-23(9-5-6-12-40-36(38)39)32(53)42-18-29(49)44-24(16-30(50)51)33(54)45-25/h1,4,8,17,23-27,41H,5-7,9-16,18-19H2,2H3,(H2,37,52)(H,42,53)(H,43,48)(H,44,49)(H,45,54)(H,46,55)(H,50,51)(H4,38,39,40)/b8-4-. The number of nitrogens with zero attached hydrogens (tertiary/aromatic N) is 2. The molecule has 13 N–H and O–H groups in total. The van der Waals surface area contributed by atoms with Crippen molar-refractivity contribution in [1.29, 1.82) is 0 Å². The fourth-order valence-electron chi connectivity index (χ4n) is 6.22. The SMILES string of the molecule is C#C/C=C\c1c(CC2NC(=O)C(CC(=O)O)NC(=O)CNC(=O)C(CCCCN=C(N)N)NC(=O)CCSSCC(C(N)=O)NC(=O)C3CCCN3C2=O)c[nH]c1C. The van der Waals surface area contributed by atoms with Crippen LogP contribution in [0.1, 0.15) is 61.8 Å². The van der Waals surface area contributed by atoms with E-state index in [2.05, 4.69) is 42.5 Å². The Morgan fingerprint density at radius 2 is 1.72 bits per heavy atom. The number of aromatic nitrogens is 1. The first kappa shape index (κ1) is 46.7. The molecule has 2 saturated heterocycles. The molecule has 0 bridgehead atoms. The van der Waals surface area contributed by atoms with Crippen LogP contribution in [0.2, 0.25) is 0 Å². The summed E-state index contributed by atoms with van der Waals surface area (Å²) in [6, 6.07) is -6.33. The van der Waals surface area contributed by atoms with Gasteiger partial charge in [-0.3, -0.25) is 43.3 Å². The number of rotatable bonds is 11. The molecule has 20 nitrogen and oxygen atoms in total. The van der Waals surface area contributed by atoms with Crippen molar-refractivity contribution in [1.82, 2.24) is 36.5 Å². The number of allylic oxidation sites excluding steroid dienone is 1. The van der Waals surface area contributed by atoms with E-state index in [9.17, 15) is 43.5 Å². The van der Waals surface area contributed by atoms with Crippen LogP contribution < -0.4 is 43.8 Å². The zero-order chi connectivity index (χ0) is 42.8. The van der Waals surface area contributed by atoms with Crippen LogP contribution in [0.15, 0.2) is 17.3 Å². The first-order valence-electron chi connectivity index (χ1n) is 18.5. The van der Waals surface area contributed by atoms with Crippen molar-refractivity contribution in [2.24, 2.45) is 22.2 Å². The lowest BCUT2D eigenvalue weighted by Gasteiger charge is -2.30. The van der Waals surface area contributed by atoms with Crippen LogP contribution in [0, 0.1) is 19.3 Å². The Morgan fingerprint density at radius 3 is 2.41 bits per heavy atom. The van der Waals surface area contributed by atoms with Crippen LogP contribution in [-0.2, 0) is 44.8 Å². The molecule has 3 heterocycles. The molecule has 2 aliphatic rings. The second-order valence-electron chi connectivity index (χ2n) is 13.5. The predicted molar refractivity (Wildman–Crippen MR) is 218 cm³/mol. The minimum absolute atomic E-state index is 0.0279. The summed E-state index contributed by atoms with van der Waals surface area (Å²) in [5.74, 6) is -4.13. The second-order valence-corrected chi connectivity index (χ2v) is 16.1. The van der Waals surface area contributed by atoms with Crippen LogP contribution in [0.5, 0.6) is 0 Å². The first-order chi connectivity index (χ1) is 27.6. The average molecular weight is 846 g/mol. The quantitative estimate of drug-likeness (QED) is 0.0371. The molecule has 7 amide bonds. The number of amides is 7. The van der Waals surface area contributed by atoms with E-state index < -0.39 is 90.5 Å². The average Bonchev–Trinajstić information content (AvgIpc) is 3.79. The van der Waals surface area contributed by atoms with E-state index in [4.69, 9.17) is 23.6 Å². The molecule has 5 unspecified atom stereocenters. The number of unbranched alkanes of at least 4 members (excludes halogenated alkanes) is 1. The lowest BCUT2D eigenvalue weighted by molar-refractivity contribution is -0.143. The van der Waals surface area contributed by atoms with E-state index in [0.29, 0.717) is 36.1 Å². The number of aryl methyl sites for hydroxylation is 1. The molecule has 0 radical (unpaired) electrons. The highest BCUT2D eigenvalue weighted by molar-refractivity contribution is 8.76. The van der Waals surface area contributed by atoms with E-state index in [1.165, 1.54) is 32.6 Å². The monoisotopic (exact) mass is 845 g/mol. The summed E-state index contributed by atoms with van der Waals surface area (Å²) in [5, 5.41) is 22.3. The molecule has 0 aliphatic carbocycles. The molecule has 1 aromatic heterocycles. The van der Waals surface area contributed by atoms with Gasteiger partial charge in [0.25, 0.3) is 0 Å². The number of aliphatic carboxylic acids is 1. The molecular formula is C36H51N11O9S2. The van der Waals surface area contributed by atoms with Gasteiger partial charge in [0.2, 0.25) is 41.4 Å². The van der Waals surface area contributed by atoms with Crippen LogP contribution in [0.4, 0.5) is 0 Å². The number of carboxylic acid groups (broad SMARTS) is 1. The van der Waals surface area contributed by atoms with Crippen molar-refractivity contribution in [3.8, 4) is 12.3 Å². The van der Waals surface area contributed by atoms with E-state index in [0.717, 1.165) is 0 Å². The van der Waals surface area contributed by atoms with E-state index in [1.807, 2.05) is 0 Å². The van der Waals surface area contributed by atoms with Gasteiger partial charge in [-0.15, -0.1) is 6.42 Å². The minimum atomic E-state index is -1.71. The molecule has 2 aliphatic heterocycles. The molecule has 58 heavy (non-hydrogen) atoms. The van der Waals surface area contributed by atoms with Gasteiger partial charge >= 0.3 is 5.97 Å². The molecule has 0 saturated carbocycles. The number of H-pyrrole nitrogens is 1. The molecule has 5 atom stereocenters. The number of hydrogen-bond acceptors (Lipinski definition) is 11. The summed E-state index contributed by atoms with van der Waals surface area (Å²) < 4.78 is 0. The van der Waals surface area contributed by atoms with Gasteiger partial charge in [0.05, 0.1) is 13.0 Å². The van der Waals surface area contributed by atoms with E-state index in [-0.39, 0.29) is 56.2 Å². The lowest BCUT2D eigenvalue weighted by atomic mass is 10.0. The Bertz CT molecular complexity index is 1790. The number of terminal acetylenes is 1. The number of nitrogens with two attached hydrogens (primary N) is 3. The number of primary amides is 1. The number of nitrogens with one attached hydrogen (secondary N) is 6. The Hall–Kier alpha value is -5.69. The number of aliphatic imine (C=N–C) groups is 1. The minimum Gasteiger partial charge on any atom is -0.481 e. The Balaban J connectivity index is 1.96. The lowest BCUT2D eigenvalue weighted by Crippen LogP contribution is -2.59. The molecule has 0 spiro atoms. The van der Waals surface area contributed by atoms with Crippen LogP contribution in [0.3, 0.4) is 0 Å². The van der Waals surface area contributed by atoms with Gasteiger partial charge < -0.3 is 58.8 Å². The van der Waals surface area contributed by atoms with E-state index >= 15 is 0 Å². The second kappa shape index (κ2) is 23.5. The van der Waals surface area contributed by atoms with Crippen molar-refractivity contribution in [3.63, 3.8) is 0 Å². The Morgan fingerprint density at radius 1 is 0.983 bits per heavy atom. The van der Waals surface area contributed by atoms with Crippen molar-refractivity contribution in [2.75, 3.05) is 31.1 Å². The van der Waals surface area contributed by atoms with Crippen LogP contribution in [-0.4, -0.2) is 130 Å². The number of carboxylic acids is 1. The van der Waals surface area contributed by atoms with Crippen molar-refractivity contribution in [2.45, 2.75) is 88.5 Å². The maximum atomic E-state index is 14.3. The number of guanidine groups is 1. The summed E-state index contributed by atoms with van der Waals surface area (Å²) in [7, 11) is 2.43. The molecular weight excluding hydrogens is 795 g/mol. The van der Waals surface area contributed by atoms with Gasteiger partial charge in [0, 0.05) is 49.3 Å². The number of carbonyl (C=O) groups is 8. The number of carbonyl (C=O) groups excluding carboxylic acids is 7. The van der Waals surface area contributed by atoms with Gasteiger partial charge in [-0.05, 0) is 62.3 Å². The highest BCUT2D eigenvalue weighted by Crippen LogP contribution is 2.25. The third-order valence-electron chi connectivity index (χ3n) is 9.13. The van der Waals surface area contributed by atoms with Crippen molar-refractivity contribution < 1.29 is 43.5 Å². The third-order valence-corrected chi connectivity index (χ3v) is 11.5. The van der Waals surface area contributed by atoms with Gasteiger partial charge in [-0.25, -0.2) is 0 Å². The summed E-state index contributed by atoms with van der Waals surface area (Å²) in [4.78, 5) is 114. The zero-order valence-electron chi connectivity index (χ0n) is 32.0. The molecule has 1 aromatic rings. The zero-order valence-corrected chi connectivity index (χ0v) is 33.7. The Kier molecular flexibility index (Phi) is 18.9. The fourth-order valence-corrected chi connectivity index (χ4v) is 8.38. The van der Waals surface area contributed by atoms with E-state index in [1.54, 1.807) is 19.2 Å². The van der Waals surface area contributed by atoms with Gasteiger partial charge in [-0.2, -0.15) is 0 Å². The molecule has 3 rings (SSSR count). The topological polar surface area (TPSA) is 326 Å². The smallest absolute Gasteiger partial charge is 0.305 e. The van der Waals surface area contributed by atoms with Gasteiger partial charge in [-0.1, -0.05) is 27.5 Å². The summed E-state index contributed by atoms with van der Waals surface area (Å²) in [6.07, 6.45) is 10.8. The highest BCUT2D eigenvalue weighted by atomic mass is 33.1. The fraction of sp³-hybridized carbons (Fsp3) is 0.528. The third kappa shape index (κ3) is 15.0. The summed E-state index contributed by atoms with van der Waals surface area (Å²) >= 11 is 0. The first-order valence-corrected chi connectivity index (χ1v) is 21.0. The number of aromatic amines is 1. The molecule has 22 heteroatoms. The maximum absolute atomic E-state index is 14.3. The molecule has 2 fully saturated rings. The molecule has 0 aromatic carbocycles. The van der Waals surface area contributed by atoms with Crippen LogP contribution >= 0.6 is 21.6 Å². The Labute approximate surface area is 343 Å². The normalized spacial score (nSPS) is 23.4. The van der Waals surface area contributed by atoms with Crippen molar-refractivity contribution >= 4 is 80.9 Å². The predicted octanol–water partition coefficient (Wildman–Crippen LogP) is -2.25. The maximum Gasteiger partial charge on any atom is 0.305 e. The summed E-state index contributed by atoms with van der Waals surface area (Å²) in [5.41, 5.74) is 18.3. The van der Waals surface area contributed by atoms with Crippen molar-refractivity contribution in [3.05, 3.63) is 29.1 Å². The highest BCUT2D eigenvalue weighted by Gasteiger charge is 2.40. The van der Waals surface area contributed by atoms with Gasteiger partial charge in [0.1, 0.15) is 30.2 Å². The number of fused-ring (bicyclic) bond motifs is 1. The molecule has 316 valence electrons. The summed E-state index contributed by atoms with van der Waals surface area (Å²) in [6.45, 7) is 1.49.